The second-order valence-electron chi connectivity index (χ2n) is 6.63. The van der Waals surface area contributed by atoms with Gasteiger partial charge in [-0.1, -0.05) is 0 Å². The molecular weight excluding hydrogens is 355 g/mol. The first-order chi connectivity index (χ1) is 11.9. The van der Waals surface area contributed by atoms with Gasteiger partial charge in [0.2, 0.25) is 5.76 Å². The van der Waals surface area contributed by atoms with Crippen molar-refractivity contribution in [3.63, 3.8) is 0 Å². The molecule has 0 atom stereocenters. The molecule has 10 heteroatoms. The van der Waals surface area contributed by atoms with Crippen molar-refractivity contribution in [1.82, 2.24) is 9.78 Å². The predicted molar refractivity (Wildman–Crippen MR) is 84.2 cm³/mol. The summed E-state index contributed by atoms with van der Waals surface area (Å²) in [6.45, 7) is 6.19. The van der Waals surface area contributed by atoms with Gasteiger partial charge in [-0.05, 0) is 33.8 Å². The number of esters is 1. The summed E-state index contributed by atoms with van der Waals surface area (Å²) in [5, 5.41) is 6.17. The van der Waals surface area contributed by atoms with Crippen LogP contribution in [0.4, 0.5) is 18.9 Å². The van der Waals surface area contributed by atoms with Gasteiger partial charge in [-0.3, -0.25) is 9.59 Å². The molecule has 0 aliphatic heterocycles. The van der Waals surface area contributed by atoms with E-state index in [0.29, 0.717) is 0 Å². The van der Waals surface area contributed by atoms with E-state index >= 15 is 0 Å². The van der Waals surface area contributed by atoms with Crippen molar-refractivity contribution < 1.29 is 31.9 Å². The Bertz CT molecular complexity index is 816. The normalized spacial score (nSPS) is 12.1. The molecule has 0 spiro atoms. The zero-order valence-electron chi connectivity index (χ0n) is 14.6. The van der Waals surface area contributed by atoms with Crippen molar-refractivity contribution in [2.24, 2.45) is 5.41 Å². The molecule has 7 nitrogen and oxygen atoms in total. The highest BCUT2D eigenvalue weighted by molar-refractivity contribution is 6.05. The van der Waals surface area contributed by atoms with Gasteiger partial charge in [0.05, 0.1) is 29.1 Å². The minimum Gasteiger partial charge on any atom is -0.456 e. The smallest absolute Gasteiger partial charge is 0.450 e. The van der Waals surface area contributed by atoms with Gasteiger partial charge in [-0.15, -0.1) is 0 Å². The van der Waals surface area contributed by atoms with E-state index in [1.807, 2.05) is 0 Å². The van der Waals surface area contributed by atoms with Crippen LogP contribution in [-0.4, -0.2) is 21.7 Å². The number of rotatable bonds is 4. The minimum absolute atomic E-state index is 0.0349. The van der Waals surface area contributed by atoms with E-state index in [4.69, 9.17) is 4.74 Å². The van der Waals surface area contributed by atoms with E-state index in [0.717, 1.165) is 6.07 Å². The number of hydrogen-bond donors (Lipinski definition) is 1. The van der Waals surface area contributed by atoms with E-state index in [1.165, 1.54) is 24.0 Å². The van der Waals surface area contributed by atoms with E-state index in [1.54, 1.807) is 20.8 Å². The average Bonchev–Trinajstić information content (AvgIpc) is 3.09. The molecule has 142 valence electrons. The third kappa shape index (κ3) is 4.64. The van der Waals surface area contributed by atoms with Gasteiger partial charge >= 0.3 is 12.1 Å². The van der Waals surface area contributed by atoms with Crippen LogP contribution in [0.5, 0.6) is 0 Å². The molecule has 1 N–H and O–H groups in total. The SMILES string of the molecule is Cc1cc(C(=O)Nc2cnn(COC(=O)C(C)(C)C)c2)c(C(F)(F)F)o1. The summed E-state index contributed by atoms with van der Waals surface area (Å²) in [5.41, 5.74) is -1.16. The Balaban J connectivity index is 2.06. The Morgan fingerprint density at radius 1 is 1.31 bits per heavy atom. The lowest BCUT2D eigenvalue weighted by molar-refractivity contribution is -0.157. The molecule has 0 saturated heterocycles. The number of anilines is 1. The average molecular weight is 373 g/mol. The van der Waals surface area contributed by atoms with Crippen molar-refractivity contribution in [2.75, 3.05) is 5.32 Å². The lowest BCUT2D eigenvalue weighted by atomic mass is 9.98. The van der Waals surface area contributed by atoms with Crippen LogP contribution in [0.15, 0.2) is 22.9 Å². The van der Waals surface area contributed by atoms with E-state index in [-0.39, 0.29) is 18.2 Å². The fourth-order valence-corrected chi connectivity index (χ4v) is 1.93. The molecule has 2 aromatic heterocycles. The molecule has 0 saturated carbocycles. The Kier molecular flexibility index (Phi) is 5.15. The number of alkyl halides is 3. The molecule has 0 bridgehead atoms. The molecule has 2 aromatic rings. The van der Waals surface area contributed by atoms with Crippen LogP contribution in [0, 0.1) is 12.3 Å². The van der Waals surface area contributed by atoms with Crippen LogP contribution >= 0.6 is 0 Å². The van der Waals surface area contributed by atoms with Crippen molar-refractivity contribution >= 4 is 17.6 Å². The van der Waals surface area contributed by atoms with Crippen LogP contribution in [0.3, 0.4) is 0 Å². The highest BCUT2D eigenvalue weighted by atomic mass is 19.4. The third-order valence-corrected chi connectivity index (χ3v) is 3.19. The number of carbonyl (C=O) groups excluding carboxylic acids is 2. The lowest BCUT2D eigenvalue weighted by Gasteiger charge is -2.16. The number of ether oxygens (including phenoxy) is 1. The van der Waals surface area contributed by atoms with Gasteiger partial charge in [0.15, 0.2) is 6.73 Å². The van der Waals surface area contributed by atoms with E-state index in [9.17, 15) is 22.8 Å². The monoisotopic (exact) mass is 373 g/mol. The van der Waals surface area contributed by atoms with Gasteiger partial charge < -0.3 is 14.5 Å². The first-order valence-electron chi connectivity index (χ1n) is 7.56. The number of amides is 1. The van der Waals surface area contributed by atoms with Crippen LogP contribution in [0.25, 0.3) is 0 Å². The molecule has 0 radical (unpaired) electrons. The van der Waals surface area contributed by atoms with Crippen LogP contribution < -0.4 is 5.32 Å². The number of hydrogen-bond acceptors (Lipinski definition) is 5. The first kappa shape index (κ1) is 19.5. The Morgan fingerprint density at radius 3 is 2.54 bits per heavy atom. The van der Waals surface area contributed by atoms with Crippen LogP contribution in [0.1, 0.15) is 42.6 Å². The summed E-state index contributed by atoms with van der Waals surface area (Å²) < 4.78 is 49.5. The molecule has 2 rings (SSSR count). The second-order valence-corrected chi connectivity index (χ2v) is 6.63. The fourth-order valence-electron chi connectivity index (χ4n) is 1.93. The summed E-state index contributed by atoms with van der Waals surface area (Å²) in [4.78, 5) is 23.8. The van der Waals surface area contributed by atoms with Gasteiger partial charge in [0.25, 0.3) is 5.91 Å². The van der Waals surface area contributed by atoms with E-state index < -0.39 is 34.8 Å². The molecule has 0 aromatic carbocycles. The molecule has 1 amide bonds. The number of nitrogens with zero attached hydrogens (tertiary/aromatic N) is 2. The summed E-state index contributed by atoms with van der Waals surface area (Å²) in [6, 6.07) is 1.01. The highest BCUT2D eigenvalue weighted by Gasteiger charge is 2.40. The summed E-state index contributed by atoms with van der Waals surface area (Å²) in [6.07, 6.45) is -2.23. The fraction of sp³-hybridized carbons (Fsp3) is 0.438. The summed E-state index contributed by atoms with van der Waals surface area (Å²) >= 11 is 0. The molecule has 26 heavy (non-hydrogen) atoms. The largest absolute Gasteiger partial charge is 0.456 e. The maximum atomic E-state index is 12.9. The number of furan rings is 1. The highest BCUT2D eigenvalue weighted by Crippen LogP contribution is 2.34. The van der Waals surface area contributed by atoms with Gasteiger partial charge in [-0.25, -0.2) is 4.68 Å². The van der Waals surface area contributed by atoms with Gasteiger partial charge in [-0.2, -0.15) is 18.3 Å². The quantitative estimate of drug-likeness (QED) is 0.828. The Hall–Kier alpha value is -2.78. The molecule has 2 heterocycles. The number of carbonyl (C=O) groups is 2. The Labute approximate surface area is 147 Å². The maximum Gasteiger partial charge on any atom is 0.450 e. The minimum atomic E-state index is -4.79. The zero-order chi connectivity index (χ0) is 19.7. The maximum absolute atomic E-state index is 12.9. The lowest BCUT2D eigenvalue weighted by Crippen LogP contribution is -2.24. The number of nitrogens with one attached hydrogen (secondary N) is 1. The zero-order valence-corrected chi connectivity index (χ0v) is 14.6. The van der Waals surface area contributed by atoms with Gasteiger partial charge in [0, 0.05) is 0 Å². The van der Waals surface area contributed by atoms with Crippen LogP contribution in [0.2, 0.25) is 0 Å². The van der Waals surface area contributed by atoms with Crippen molar-refractivity contribution in [3.05, 3.63) is 35.5 Å². The molecule has 0 aliphatic rings. The van der Waals surface area contributed by atoms with Crippen molar-refractivity contribution in [3.8, 4) is 0 Å². The second kappa shape index (κ2) is 6.85. The number of halogens is 3. The van der Waals surface area contributed by atoms with Gasteiger partial charge in [0.1, 0.15) is 5.76 Å². The summed E-state index contributed by atoms with van der Waals surface area (Å²) in [5.74, 6) is -2.83. The predicted octanol–water partition coefficient (Wildman–Crippen LogP) is 3.60. The molecule has 0 fully saturated rings. The standard InChI is InChI=1S/C16H18F3N3O4/c1-9-5-11(12(26-9)16(17,18)19)13(23)21-10-6-20-22(7-10)8-25-14(24)15(2,3)4/h5-7H,8H2,1-4H3,(H,21,23). The first-order valence-corrected chi connectivity index (χ1v) is 7.56. The van der Waals surface area contributed by atoms with Crippen molar-refractivity contribution in [2.45, 2.75) is 40.6 Å². The molecule has 0 unspecified atom stereocenters. The molecule has 0 aliphatic carbocycles. The van der Waals surface area contributed by atoms with Crippen LogP contribution in [-0.2, 0) is 22.4 Å². The number of aromatic nitrogens is 2. The third-order valence-electron chi connectivity index (χ3n) is 3.19. The number of aryl methyl sites for hydroxylation is 1. The summed E-state index contributed by atoms with van der Waals surface area (Å²) in [7, 11) is 0. The topological polar surface area (TPSA) is 86.4 Å². The van der Waals surface area contributed by atoms with E-state index in [2.05, 4.69) is 14.8 Å². The molecular formula is C16H18F3N3O4. The Morgan fingerprint density at radius 2 is 1.96 bits per heavy atom. The van der Waals surface area contributed by atoms with Crippen molar-refractivity contribution in [1.29, 1.82) is 0 Å².